The number of nitrogens with zero attached hydrogens (tertiary/aromatic N) is 2. The van der Waals surface area contributed by atoms with Gasteiger partial charge in [0.2, 0.25) is 0 Å². The van der Waals surface area contributed by atoms with E-state index in [1.165, 1.54) is 24.6 Å². The number of halogens is 3. The molecule has 0 saturated carbocycles. The first-order valence-corrected chi connectivity index (χ1v) is 15.2. The number of amidine groups is 1. The molecule has 39 heavy (non-hydrogen) atoms. The summed E-state index contributed by atoms with van der Waals surface area (Å²) in [6.45, 7) is 5.24. The molecule has 1 heterocycles. The molecular formula is C30H29BrCl2N2O3S. The Morgan fingerprint density at radius 2 is 1.64 bits per heavy atom. The quantitative estimate of drug-likeness (QED) is 0.153. The van der Waals surface area contributed by atoms with Crippen molar-refractivity contribution in [1.29, 1.82) is 0 Å². The Morgan fingerprint density at radius 3 is 2.31 bits per heavy atom. The van der Waals surface area contributed by atoms with Crippen molar-refractivity contribution in [3.8, 4) is 11.5 Å². The van der Waals surface area contributed by atoms with Crippen LogP contribution in [0.25, 0.3) is 6.08 Å². The van der Waals surface area contributed by atoms with Crippen molar-refractivity contribution in [2.45, 2.75) is 39.5 Å². The highest BCUT2D eigenvalue weighted by molar-refractivity contribution is 9.10. The van der Waals surface area contributed by atoms with Gasteiger partial charge >= 0.3 is 0 Å². The van der Waals surface area contributed by atoms with Gasteiger partial charge in [-0.05, 0) is 113 Å². The van der Waals surface area contributed by atoms with Crippen LogP contribution in [0.3, 0.4) is 0 Å². The van der Waals surface area contributed by atoms with Crippen LogP contribution in [0.1, 0.15) is 45.1 Å². The van der Waals surface area contributed by atoms with Gasteiger partial charge in [-0.1, -0.05) is 49.4 Å². The average Bonchev–Trinajstić information content (AvgIpc) is 3.21. The Hall–Kier alpha value is -2.45. The van der Waals surface area contributed by atoms with Crippen LogP contribution in [0.4, 0.5) is 11.4 Å². The lowest BCUT2D eigenvalue weighted by Crippen LogP contribution is -2.28. The van der Waals surface area contributed by atoms with Crippen molar-refractivity contribution >= 4 is 79.4 Å². The minimum atomic E-state index is -0.180. The van der Waals surface area contributed by atoms with Gasteiger partial charge in [-0.25, -0.2) is 4.99 Å². The van der Waals surface area contributed by atoms with Crippen LogP contribution in [-0.2, 0) is 4.79 Å². The molecular weight excluding hydrogens is 619 g/mol. The molecule has 3 aromatic rings. The molecule has 0 bridgehead atoms. The zero-order valence-electron chi connectivity index (χ0n) is 21.8. The van der Waals surface area contributed by atoms with Gasteiger partial charge in [0, 0.05) is 10.0 Å². The number of anilines is 1. The molecule has 3 aromatic carbocycles. The van der Waals surface area contributed by atoms with E-state index in [9.17, 15) is 4.79 Å². The van der Waals surface area contributed by atoms with Crippen LogP contribution in [0.2, 0.25) is 10.0 Å². The van der Waals surface area contributed by atoms with E-state index in [1.807, 2.05) is 37.3 Å². The van der Waals surface area contributed by atoms with Crippen LogP contribution < -0.4 is 14.4 Å². The molecule has 1 aliphatic heterocycles. The van der Waals surface area contributed by atoms with Crippen molar-refractivity contribution in [3.63, 3.8) is 0 Å². The summed E-state index contributed by atoms with van der Waals surface area (Å²) in [4.78, 5) is 20.5. The van der Waals surface area contributed by atoms with Crippen LogP contribution in [0, 0.1) is 0 Å². The van der Waals surface area contributed by atoms with E-state index in [0.717, 1.165) is 22.9 Å². The van der Waals surface area contributed by atoms with Gasteiger partial charge in [-0.15, -0.1) is 0 Å². The van der Waals surface area contributed by atoms with Gasteiger partial charge in [0.15, 0.2) is 16.7 Å². The standard InChI is InChI=1S/C30H29BrCl2N2O3S/c1-3-5-6-7-16-38-28-25(31)17-20(18-26(28)37-4-2)19-27-29(36)35(24-14-10-22(33)11-15-24)30(39-27)34-23-12-8-21(32)9-13-23/h8-15,17-19H,3-7,16H2,1-2H3/b27-19+,34-30?. The van der Waals surface area contributed by atoms with Gasteiger partial charge in [-0.2, -0.15) is 0 Å². The summed E-state index contributed by atoms with van der Waals surface area (Å²) < 4.78 is 12.8. The summed E-state index contributed by atoms with van der Waals surface area (Å²) in [7, 11) is 0. The molecule has 204 valence electrons. The molecule has 0 aromatic heterocycles. The minimum Gasteiger partial charge on any atom is -0.490 e. The molecule has 1 saturated heterocycles. The first-order valence-electron chi connectivity index (χ1n) is 12.8. The van der Waals surface area contributed by atoms with Gasteiger partial charge in [0.05, 0.1) is 34.0 Å². The maximum absolute atomic E-state index is 13.7. The fourth-order valence-electron chi connectivity index (χ4n) is 3.92. The third-order valence-corrected chi connectivity index (χ3v) is 7.88. The highest BCUT2D eigenvalue weighted by Crippen LogP contribution is 2.41. The fraction of sp³-hybridized carbons (Fsp3) is 0.267. The molecule has 0 spiro atoms. The lowest BCUT2D eigenvalue weighted by molar-refractivity contribution is -0.113. The second-order valence-electron chi connectivity index (χ2n) is 8.77. The summed E-state index contributed by atoms with van der Waals surface area (Å²) in [6, 6.07) is 18.1. The maximum Gasteiger partial charge on any atom is 0.271 e. The summed E-state index contributed by atoms with van der Waals surface area (Å²) in [5.41, 5.74) is 2.18. The SMILES string of the molecule is CCCCCCOc1c(Br)cc(/C=C2/SC(=Nc3ccc(Cl)cc3)N(c3ccc(Cl)cc3)C2=O)cc1OCC. The van der Waals surface area contributed by atoms with Gasteiger partial charge in [-0.3, -0.25) is 9.69 Å². The second kappa shape index (κ2) is 14.3. The molecule has 1 fully saturated rings. The summed E-state index contributed by atoms with van der Waals surface area (Å²) >= 11 is 17.1. The highest BCUT2D eigenvalue weighted by atomic mass is 79.9. The zero-order valence-corrected chi connectivity index (χ0v) is 25.7. The van der Waals surface area contributed by atoms with Crippen molar-refractivity contribution in [2.75, 3.05) is 18.1 Å². The van der Waals surface area contributed by atoms with Crippen molar-refractivity contribution in [2.24, 2.45) is 4.99 Å². The zero-order chi connectivity index (χ0) is 27.8. The molecule has 0 unspecified atom stereocenters. The number of amides is 1. The largest absolute Gasteiger partial charge is 0.490 e. The molecule has 1 aliphatic rings. The number of benzene rings is 3. The fourth-order valence-corrected chi connectivity index (χ4v) is 5.75. The van der Waals surface area contributed by atoms with E-state index in [4.69, 9.17) is 37.7 Å². The predicted molar refractivity (Wildman–Crippen MR) is 168 cm³/mol. The molecule has 5 nitrogen and oxygen atoms in total. The van der Waals surface area contributed by atoms with Crippen molar-refractivity contribution < 1.29 is 14.3 Å². The molecule has 1 amide bonds. The van der Waals surface area contributed by atoms with E-state index in [1.54, 1.807) is 41.3 Å². The molecule has 0 radical (unpaired) electrons. The molecule has 4 rings (SSSR count). The van der Waals surface area contributed by atoms with Gasteiger partial charge in [0.25, 0.3) is 5.91 Å². The Balaban J connectivity index is 1.66. The number of carbonyl (C=O) groups is 1. The number of ether oxygens (including phenoxy) is 2. The first kappa shape index (κ1) is 29.5. The van der Waals surface area contributed by atoms with Gasteiger partial charge < -0.3 is 9.47 Å². The van der Waals surface area contributed by atoms with Crippen LogP contribution in [0.15, 0.2) is 75.0 Å². The molecule has 9 heteroatoms. The minimum absolute atomic E-state index is 0.180. The normalized spacial score (nSPS) is 15.4. The second-order valence-corrected chi connectivity index (χ2v) is 11.5. The maximum atomic E-state index is 13.7. The number of aliphatic imine (C=N–C) groups is 1. The molecule has 0 N–H and O–H groups in total. The van der Waals surface area contributed by atoms with Gasteiger partial charge in [0.1, 0.15) is 0 Å². The lowest BCUT2D eigenvalue weighted by Gasteiger charge is -2.16. The summed E-state index contributed by atoms with van der Waals surface area (Å²) in [5.74, 6) is 1.13. The Kier molecular flexibility index (Phi) is 10.8. The van der Waals surface area contributed by atoms with E-state index < -0.39 is 0 Å². The van der Waals surface area contributed by atoms with Crippen LogP contribution >= 0.6 is 50.9 Å². The topological polar surface area (TPSA) is 51.1 Å². The summed E-state index contributed by atoms with van der Waals surface area (Å²) in [5, 5.41) is 1.74. The van der Waals surface area contributed by atoms with E-state index in [0.29, 0.717) is 56.2 Å². The number of hydrogen-bond donors (Lipinski definition) is 0. The van der Waals surface area contributed by atoms with Crippen LogP contribution in [-0.4, -0.2) is 24.3 Å². The molecule has 0 aliphatic carbocycles. The van der Waals surface area contributed by atoms with E-state index >= 15 is 0 Å². The monoisotopic (exact) mass is 646 g/mol. The average molecular weight is 648 g/mol. The third-order valence-electron chi connectivity index (χ3n) is 5.82. The first-order chi connectivity index (χ1) is 18.9. The Bertz CT molecular complexity index is 1360. The molecule has 0 atom stereocenters. The predicted octanol–water partition coefficient (Wildman–Crippen LogP) is 9.92. The Labute approximate surface area is 252 Å². The highest BCUT2D eigenvalue weighted by Gasteiger charge is 2.35. The van der Waals surface area contributed by atoms with Crippen LogP contribution in [0.5, 0.6) is 11.5 Å². The number of hydrogen-bond acceptors (Lipinski definition) is 5. The third kappa shape index (κ3) is 7.82. The summed E-state index contributed by atoms with van der Waals surface area (Å²) in [6.07, 6.45) is 6.33. The number of thioether (sulfide) groups is 1. The number of carbonyl (C=O) groups excluding carboxylic acids is 1. The van der Waals surface area contributed by atoms with E-state index in [2.05, 4.69) is 22.9 Å². The lowest BCUT2D eigenvalue weighted by atomic mass is 10.1. The number of unbranched alkanes of at least 4 members (excludes halogenated alkanes) is 3. The van der Waals surface area contributed by atoms with E-state index in [-0.39, 0.29) is 5.91 Å². The Morgan fingerprint density at radius 1 is 0.949 bits per heavy atom. The smallest absolute Gasteiger partial charge is 0.271 e. The van der Waals surface area contributed by atoms with Crippen molar-refractivity contribution in [1.82, 2.24) is 0 Å². The van der Waals surface area contributed by atoms with Crippen molar-refractivity contribution in [3.05, 3.63) is 85.7 Å². The number of rotatable bonds is 11.